The van der Waals surface area contributed by atoms with Gasteiger partial charge < -0.3 is 4.74 Å². The minimum Gasteiger partial charge on any atom is -0.486 e. The van der Waals surface area contributed by atoms with Crippen molar-refractivity contribution < 1.29 is 13.2 Å². The molecule has 1 heterocycles. The van der Waals surface area contributed by atoms with Gasteiger partial charge in [-0.1, -0.05) is 24.1 Å². The van der Waals surface area contributed by atoms with E-state index in [2.05, 4.69) is 0 Å². The maximum absolute atomic E-state index is 13.6. The minimum atomic E-state index is -3.64. The van der Waals surface area contributed by atoms with Crippen molar-refractivity contribution in [2.45, 2.75) is 63.5 Å². The van der Waals surface area contributed by atoms with Gasteiger partial charge in [0.1, 0.15) is 11.9 Å². The molecule has 1 fully saturated rings. The Morgan fingerprint density at radius 2 is 1.62 bits per heavy atom. The molecule has 0 amide bonds. The molecule has 0 bridgehead atoms. The first-order valence-corrected chi connectivity index (χ1v) is 10.7. The number of benzene rings is 2. The summed E-state index contributed by atoms with van der Waals surface area (Å²) < 4.78 is 35.1. The Kier molecular flexibility index (Phi) is 4.22. The zero-order valence-electron chi connectivity index (χ0n) is 15.5. The number of aryl methyl sites for hydroxylation is 3. The average molecular weight is 372 g/mol. The molecular formula is C21H25NO3S. The molecular weight excluding hydrogens is 346 g/mol. The topological polar surface area (TPSA) is 46.6 Å². The van der Waals surface area contributed by atoms with Crippen LogP contribution in [0.25, 0.3) is 0 Å². The van der Waals surface area contributed by atoms with Gasteiger partial charge in [0.15, 0.2) is 0 Å². The Morgan fingerprint density at radius 3 is 2.35 bits per heavy atom. The Balaban J connectivity index is 1.89. The number of fused-ring (bicyclic) bond motifs is 2. The highest BCUT2D eigenvalue weighted by Crippen LogP contribution is 2.44. The summed E-state index contributed by atoms with van der Waals surface area (Å²) in [5, 5.41) is 0. The van der Waals surface area contributed by atoms with Gasteiger partial charge >= 0.3 is 0 Å². The van der Waals surface area contributed by atoms with Gasteiger partial charge in [-0.05, 0) is 75.4 Å². The van der Waals surface area contributed by atoms with Gasteiger partial charge in [-0.25, -0.2) is 8.42 Å². The van der Waals surface area contributed by atoms with Crippen LogP contribution < -0.4 is 9.04 Å². The third-order valence-corrected chi connectivity index (χ3v) is 7.49. The second-order valence-electron chi connectivity index (χ2n) is 7.53. The fourth-order valence-corrected chi connectivity index (χ4v) is 5.70. The van der Waals surface area contributed by atoms with Crippen molar-refractivity contribution in [2.24, 2.45) is 0 Å². The fourth-order valence-electron chi connectivity index (χ4n) is 4.00. The zero-order chi connectivity index (χ0) is 18.5. The van der Waals surface area contributed by atoms with Crippen molar-refractivity contribution in [3.63, 3.8) is 0 Å². The SMILES string of the molecule is Cc1ccc(S(=O)(=O)N2c3cc(C)c(C)cc3O[C@@H]3CCCC[C@@H]32)cc1. The predicted octanol–water partition coefficient (Wildman–Crippen LogP) is 4.51. The second-order valence-corrected chi connectivity index (χ2v) is 9.34. The second kappa shape index (κ2) is 6.31. The fraction of sp³-hybridized carbons (Fsp3) is 0.429. The highest BCUT2D eigenvalue weighted by Gasteiger charge is 2.43. The molecule has 0 unspecified atom stereocenters. The molecule has 4 rings (SSSR count). The van der Waals surface area contributed by atoms with Crippen LogP contribution in [0.5, 0.6) is 5.75 Å². The highest BCUT2D eigenvalue weighted by molar-refractivity contribution is 7.92. The summed E-state index contributed by atoms with van der Waals surface area (Å²) in [4.78, 5) is 0.346. The van der Waals surface area contributed by atoms with Crippen molar-refractivity contribution in [3.8, 4) is 5.75 Å². The Morgan fingerprint density at radius 1 is 0.962 bits per heavy atom. The van der Waals surface area contributed by atoms with E-state index in [0.29, 0.717) is 16.3 Å². The largest absolute Gasteiger partial charge is 0.486 e. The van der Waals surface area contributed by atoms with Crippen LogP contribution in [0, 0.1) is 20.8 Å². The lowest BCUT2D eigenvalue weighted by Gasteiger charge is -2.45. The summed E-state index contributed by atoms with van der Waals surface area (Å²) in [5.41, 5.74) is 3.92. The summed E-state index contributed by atoms with van der Waals surface area (Å²) in [6.07, 6.45) is 3.78. The third-order valence-electron chi connectivity index (χ3n) is 5.64. The van der Waals surface area contributed by atoms with E-state index in [1.165, 1.54) is 0 Å². The Hall–Kier alpha value is -2.01. The predicted molar refractivity (Wildman–Crippen MR) is 103 cm³/mol. The van der Waals surface area contributed by atoms with Crippen molar-refractivity contribution in [3.05, 3.63) is 53.1 Å². The maximum Gasteiger partial charge on any atom is 0.264 e. The van der Waals surface area contributed by atoms with Crippen LogP contribution in [0.15, 0.2) is 41.3 Å². The van der Waals surface area contributed by atoms with E-state index in [1.54, 1.807) is 16.4 Å². The molecule has 2 aromatic rings. The van der Waals surface area contributed by atoms with Gasteiger partial charge in [-0.15, -0.1) is 0 Å². The van der Waals surface area contributed by atoms with Crippen molar-refractivity contribution >= 4 is 15.7 Å². The molecule has 1 aliphatic carbocycles. The van der Waals surface area contributed by atoms with Gasteiger partial charge in [0, 0.05) is 0 Å². The van der Waals surface area contributed by atoms with E-state index in [-0.39, 0.29) is 12.1 Å². The first-order valence-electron chi connectivity index (χ1n) is 9.27. The molecule has 0 spiro atoms. The summed E-state index contributed by atoms with van der Waals surface area (Å²) in [5.74, 6) is 0.687. The van der Waals surface area contributed by atoms with E-state index < -0.39 is 10.0 Å². The zero-order valence-corrected chi connectivity index (χ0v) is 16.3. The van der Waals surface area contributed by atoms with Crippen LogP contribution in [0.3, 0.4) is 0 Å². The molecule has 1 saturated carbocycles. The lowest BCUT2D eigenvalue weighted by atomic mass is 9.90. The molecule has 2 aromatic carbocycles. The molecule has 26 heavy (non-hydrogen) atoms. The number of hydrogen-bond acceptors (Lipinski definition) is 3. The number of anilines is 1. The van der Waals surface area contributed by atoms with Gasteiger partial charge in [0.25, 0.3) is 10.0 Å². The van der Waals surface area contributed by atoms with E-state index in [1.807, 2.05) is 45.0 Å². The molecule has 138 valence electrons. The highest BCUT2D eigenvalue weighted by atomic mass is 32.2. The van der Waals surface area contributed by atoms with E-state index in [0.717, 1.165) is 42.4 Å². The Labute approximate surface area is 155 Å². The average Bonchev–Trinajstić information content (AvgIpc) is 2.61. The lowest BCUT2D eigenvalue weighted by Crippen LogP contribution is -2.53. The van der Waals surface area contributed by atoms with Crippen molar-refractivity contribution in [1.29, 1.82) is 0 Å². The third kappa shape index (κ3) is 2.78. The number of hydrogen-bond donors (Lipinski definition) is 0. The number of ether oxygens (including phenoxy) is 1. The standard InChI is InChI=1S/C21H25NO3S/c1-14-8-10-17(11-9-14)26(23,24)22-18-6-4-5-7-20(18)25-21-13-16(3)15(2)12-19(21)22/h8-13,18,20H,4-7H2,1-3H3/t18-,20+/m0/s1. The van der Waals surface area contributed by atoms with Crippen LogP contribution in [0.2, 0.25) is 0 Å². The molecule has 2 atom stereocenters. The molecule has 4 nitrogen and oxygen atoms in total. The molecule has 5 heteroatoms. The van der Waals surface area contributed by atoms with Crippen LogP contribution in [0.1, 0.15) is 42.4 Å². The number of sulfonamides is 1. The molecule has 0 N–H and O–H groups in total. The summed E-state index contributed by atoms with van der Waals surface area (Å²) in [6, 6.07) is 10.9. The van der Waals surface area contributed by atoms with Gasteiger partial charge in [-0.3, -0.25) is 4.31 Å². The maximum atomic E-state index is 13.6. The lowest BCUT2D eigenvalue weighted by molar-refractivity contribution is 0.122. The van der Waals surface area contributed by atoms with Crippen LogP contribution in [-0.4, -0.2) is 20.6 Å². The van der Waals surface area contributed by atoms with Gasteiger partial charge in [0.2, 0.25) is 0 Å². The smallest absolute Gasteiger partial charge is 0.264 e. The molecule has 1 aliphatic heterocycles. The summed E-state index contributed by atoms with van der Waals surface area (Å²) in [7, 11) is -3.64. The molecule has 0 radical (unpaired) electrons. The van der Waals surface area contributed by atoms with Crippen molar-refractivity contribution in [1.82, 2.24) is 0 Å². The number of nitrogens with zero attached hydrogens (tertiary/aromatic N) is 1. The first kappa shape index (κ1) is 17.4. The van der Waals surface area contributed by atoms with Crippen LogP contribution in [0.4, 0.5) is 5.69 Å². The van der Waals surface area contributed by atoms with E-state index in [9.17, 15) is 8.42 Å². The normalized spacial score (nSPS) is 22.3. The molecule has 0 aromatic heterocycles. The molecule has 0 saturated heterocycles. The van der Waals surface area contributed by atoms with Gasteiger partial charge in [0.05, 0.1) is 16.6 Å². The summed E-state index contributed by atoms with van der Waals surface area (Å²) >= 11 is 0. The quantitative estimate of drug-likeness (QED) is 0.780. The minimum absolute atomic E-state index is 0.0708. The first-order chi connectivity index (χ1) is 12.4. The monoisotopic (exact) mass is 371 g/mol. The van der Waals surface area contributed by atoms with E-state index in [4.69, 9.17) is 4.74 Å². The summed E-state index contributed by atoms with van der Waals surface area (Å²) in [6.45, 7) is 6.01. The molecule has 2 aliphatic rings. The van der Waals surface area contributed by atoms with E-state index >= 15 is 0 Å². The van der Waals surface area contributed by atoms with Crippen molar-refractivity contribution in [2.75, 3.05) is 4.31 Å². The number of rotatable bonds is 2. The van der Waals surface area contributed by atoms with Gasteiger partial charge in [-0.2, -0.15) is 0 Å². The van der Waals surface area contributed by atoms with Crippen LogP contribution in [-0.2, 0) is 10.0 Å². The Bertz CT molecular complexity index is 934. The van der Waals surface area contributed by atoms with Crippen LogP contribution >= 0.6 is 0 Å².